The first kappa shape index (κ1) is 21.7. The summed E-state index contributed by atoms with van der Waals surface area (Å²) in [5.74, 6) is 0.604. The second-order valence-electron chi connectivity index (χ2n) is 8.57. The van der Waals surface area contributed by atoms with Crippen molar-refractivity contribution < 1.29 is 13.6 Å². The fourth-order valence-corrected chi connectivity index (χ4v) is 4.63. The molecule has 0 N–H and O–H groups in total. The summed E-state index contributed by atoms with van der Waals surface area (Å²) in [7, 11) is 0. The number of amides is 1. The lowest BCUT2D eigenvalue weighted by molar-refractivity contribution is -0.131. The highest BCUT2D eigenvalue weighted by Crippen LogP contribution is 2.24. The number of nitrogens with zero attached hydrogens (tertiary/aromatic N) is 4. The molecule has 3 heterocycles. The Morgan fingerprint density at radius 2 is 1.90 bits per heavy atom. The van der Waals surface area contributed by atoms with Crippen LogP contribution < -0.4 is 4.90 Å². The average molecular weight is 429 g/mol. The van der Waals surface area contributed by atoms with E-state index in [0.29, 0.717) is 24.4 Å². The Morgan fingerprint density at radius 3 is 2.65 bits per heavy atom. The van der Waals surface area contributed by atoms with Crippen LogP contribution in [0.4, 0.5) is 14.6 Å². The van der Waals surface area contributed by atoms with Gasteiger partial charge in [-0.1, -0.05) is 12.1 Å². The third-order valence-electron chi connectivity index (χ3n) is 6.38. The van der Waals surface area contributed by atoms with Gasteiger partial charge in [-0.15, -0.1) is 0 Å². The second-order valence-corrected chi connectivity index (χ2v) is 8.57. The number of aromatic nitrogens is 1. The molecule has 2 aliphatic rings. The largest absolute Gasteiger partial charge is 0.353 e. The number of carbonyl (C=O) groups is 1. The molecule has 2 saturated heterocycles. The molecule has 0 aliphatic carbocycles. The maximum Gasteiger partial charge on any atom is 0.222 e. The number of piperazine rings is 1. The van der Waals surface area contributed by atoms with Crippen molar-refractivity contribution in [2.24, 2.45) is 5.92 Å². The van der Waals surface area contributed by atoms with Gasteiger partial charge in [0, 0.05) is 63.5 Å². The minimum Gasteiger partial charge on any atom is -0.353 e. The minimum atomic E-state index is -0.544. The number of piperidine rings is 1. The zero-order valence-corrected chi connectivity index (χ0v) is 17.9. The molecule has 2 aromatic rings. The molecular weight excluding hydrogens is 398 g/mol. The van der Waals surface area contributed by atoms with E-state index in [-0.39, 0.29) is 5.91 Å². The van der Waals surface area contributed by atoms with E-state index in [2.05, 4.69) is 14.8 Å². The van der Waals surface area contributed by atoms with Gasteiger partial charge < -0.3 is 9.80 Å². The molecule has 1 amide bonds. The molecule has 1 aromatic heterocycles. The molecule has 0 radical (unpaired) electrons. The van der Waals surface area contributed by atoms with Crippen molar-refractivity contribution in [3.05, 3.63) is 59.8 Å². The molecule has 1 aromatic carbocycles. The van der Waals surface area contributed by atoms with Crippen molar-refractivity contribution >= 4 is 11.7 Å². The van der Waals surface area contributed by atoms with Crippen LogP contribution in [0.1, 0.15) is 31.2 Å². The van der Waals surface area contributed by atoms with Crippen LogP contribution >= 0.6 is 0 Å². The molecule has 31 heavy (non-hydrogen) atoms. The van der Waals surface area contributed by atoms with Gasteiger partial charge in [0.05, 0.1) is 0 Å². The highest BCUT2D eigenvalue weighted by Gasteiger charge is 2.25. The maximum absolute atomic E-state index is 14.0. The first-order chi connectivity index (χ1) is 15.1. The maximum atomic E-state index is 14.0. The van der Waals surface area contributed by atoms with Crippen molar-refractivity contribution in [1.29, 1.82) is 0 Å². The van der Waals surface area contributed by atoms with Crippen LogP contribution in [0.3, 0.4) is 0 Å². The first-order valence-electron chi connectivity index (χ1n) is 11.2. The third kappa shape index (κ3) is 5.79. The van der Waals surface area contributed by atoms with Crippen LogP contribution in [0.25, 0.3) is 0 Å². The summed E-state index contributed by atoms with van der Waals surface area (Å²) in [4.78, 5) is 23.5. The summed E-state index contributed by atoms with van der Waals surface area (Å²) < 4.78 is 27.1. The van der Waals surface area contributed by atoms with Gasteiger partial charge in [-0.3, -0.25) is 9.69 Å². The number of anilines is 1. The Balaban J connectivity index is 1.21. The standard InChI is InChI=1S/C24H30F2N4O/c25-21-8-7-20(22(26)16-21)18-28-11-3-4-19(17-28)6-9-24(31)30-14-12-29(13-15-30)23-5-1-2-10-27-23/h1-2,5,7-8,10,16,19H,3-4,6,9,11-15,17-18H2. The van der Waals surface area contributed by atoms with Gasteiger partial charge in [-0.2, -0.15) is 0 Å². The zero-order valence-electron chi connectivity index (χ0n) is 17.9. The van der Waals surface area contributed by atoms with E-state index < -0.39 is 11.6 Å². The van der Waals surface area contributed by atoms with E-state index in [0.717, 1.165) is 70.4 Å². The molecule has 2 fully saturated rings. The smallest absolute Gasteiger partial charge is 0.222 e. The topological polar surface area (TPSA) is 39.7 Å². The van der Waals surface area contributed by atoms with Gasteiger partial charge in [0.25, 0.3) is 0 Å². The van der Waals surface area contributed by atoms with Crippen molar-refractivity contribution in [1.82, 2.24) is 14.8 Å². The first-order valence-corrected chi connectivity index (χ1v) is 11.2. The van der Waals surface area contributed by atoms with E-state index in [9.17, 15) is 13.6 Å². The SMILES string of the molecule is O=C(CCC1CCCN(Cc2ccc(F)cc2F)C1)N1CCN(c2ccccn2)CC1. The number of pyridine rings is 1. The molecule has 7 heteroatoms. The fraction of sp³-hybridized carbons (Fsp3) is 0.500. The van der Waals surface area contributed by atoms with Crippen molar-refractivity contribution in [2.75, 3.05) is 44.2 Å². The van der Waals surface area contributed by atoms with Gasteiger partial charge in [0.15, 0.2) is 0 Å². The molecule has 166 valence electrons. The van der Waals surface area contributed by atoms with Crippen LogP contribution in [0.2, 0.25) is 0 Å². The van der Waals surface area contributed by atoms with Crippen molar-refractivity contribution in [2.45, 2.75) is 32.2 Å². The molecular formula is C24H30F2N4O. The van der Waals surface area contributed by atoms with Gasteiger partial charge in [-0.05, 0) is 49.9 Å². The number of halogens is 2. The van der Waals surface area contributed by atoms with E-state index in [4.69, 9.17) is 0 Å². The molecule has 5 nitrogen and oxygen atoms in total. The predicted octanol–water partition coefficient (Wildman–Crippen LogP) is 3.70. The number of rotatable bonds is 6. The summed E-state index contributed by atoms with van der Waals surface area (Å²) in [6.07, 6.45) is 5.37. The Hall–Kier alpha value is -2.54. The molecule has 0 bridgehead atoms. The normalized spacial score (nSPS) is 20.1. The van der Waals surface area contributed by atoms with Gasteiger partial charge in [0.2, 0.25) is 5.91 Å². The van der Waals surface area contributed by atoms with Crippen LogP contribution in [0, 0.1) is 17.6 Å². The Bertz CT molecular complexity index is 871. The van der Waals surface area contributed by atoms with Crippen LogP contribution in [-0.4, -0.2) is 60.0 Å². The minimum absolute atomic E-state index is 0.224. The van der Waals surface area contributed by atoms with E-state index in [1.165, 1.54) is 12.1 Å². The molecule has 4 rings (SSSR count). The van der Waals surface area contributed by atoms with E-state index in [1.807, 2.05) is 23.1 Å². The average Bonchev–Trinajstić information content (AvgIpc) is 2.80. The molecule has 2 aliphatic heterocycles. The van der Waals surface area contributed by atoms with Crippen molar-refractivity contribution in [3.8, 4) is 0 Å². The lowest BCUT2D eigenvalue weighted by atomic mass is 9.92. The lowest BCUT2D eigenvalue weighted by Gasteiger charge is -2.36. The van der Waals surface area contributed by atoms with E-state index >= 15 is 0 Å². The highest BCUT2D eigenvalue weighted by atomic mass is 19.1. The quantitative estimate of drug-likeness (QED) is 0.704. The van der Waals surface area contributed by atoms with Crippen LogP contribution in [-0.2, 0) is 11.3 Å². The summed E-state index contributed by atoms with van der Waals surface area (Å²) in [5, 5.41) is 0. The zero-order chi connectivity index (χ0) is 21.6. The second kappa shape index (κ2) is 10.2. The number of hydrogen-bond acceptors (Lipinski definition) is 4. The third-order valence-corrected chi connectivity index (χ3v) is 6.38. The lowest BCUT2D eigenvalue weighted by Crippen LogP contribution is -2.49. The number of likely N-dealkylation sites (tertiary alicyclic amines) is 1. The fourth-order valence-electron chi connectivity index (χ4n) is 4.63. The number of carbonyl (C=O) groups excluding carboxylic acids is 1. The molecule has 1 unspecified atom stereocenters. The van der Waals surface area contributed by atoms with Crippen molar-refractivity contribution in [3.63, 3.8) is 0 Å². The highest BCUT2D eigenvalue weighted by molar-refractivity contribution is 5.76. The van der Waals surface area contributed by atoms with Crippen LogP contribution in [0.5, 0.6) is 0 Å². The van der Waals surface area contributed by atoms with Gasteiger partial charge in [-0.25, -0.2) is 13.8 Å². The monoisotopic (exact) mass is 428 g/mol. The molecule has 0 spiro atoms. The van der Waals surface area contributed by atoms with Gasteiger partial charge >= 0.3 is 0 Å². The van der Waals surface area contributed by atoms with E-state index in [1.54, 1.807) is 6.20 Å². The van der Waals surface area contributed by atoms with Gasteiger partial charge in [0.1, 0.15) is 17.5 Å². The van der Waals surface area contributed by atoms with Crippen LogP contribution in [0.15, 0.2) is 42.6 Å². The summed E-state index contributed by atoms with van der Waals surface area (Å²) in [6.45, 7) is 5.35. The summed E-state index contributed by atoms with van der Waals surface area (Å²) in [6, 6.07) is 9.69. The number of benzene rings is 1. The Morgan fingerprint density at radius 1 is 1.06 bits per heavy atom. The Labute approximate surface area is 182 Å². The molecule has 1 atom stereocenters. The summed E-state index contributed by atoms with van der Waals surface area (Å²) >= 11 is 0. The summed E-state index contributed by atoms with van der Waals surface area (Å²) in [5.41, 5.74) is 0.531. The molecule has 0 saturated carbocycles. The number of hydrogen-bond donors (Lipinski definition) is 0. The Kier molecular flexibility index (Phi) is 7.12. The predicted molar refractivity (Wildman–Crippen MR) is 117 cm³/mol.